The van der Waals surface area contributed by atoms with Gasteiger partial charge >= 0.3 is 0 Å². The molecule has 0 aromatic carbocycles. The van der Waals surface area contributed by atoms with Crippen LogP contribution in [-0.2, 0) is 11.3 Å². The van der Waals surface area contributed by atoms with Crippen molar-refractivity contribution >= 4 is 5.91 Å². The van der Waals surface area contributed by atoms with Crippen LogP contribution >= 0.6 is 0 Å². The lowest BCUT2D eigenvalue weighted by Crippen LogP contribution is -2.51. The Labute approximate surface area is 131 Å². The predicted octanol–water partition coefficient (Wildman–Crippen LogP) is 0.381. The molecule has 1 aromatic heterocycles. The van der Waals surface area contributed by atoms with Crippen molar-refractivity contribution in [2.24, 2.45) is 0 Å². The molecule has 1 atom stereocenters. The molecule has 0 saturated carbocycles. The molecule has 2 saturated heterocycles. The summed E-state index contributed by atoms with van der Waals surface area (Å²) >= 11 is 0. The molecule has 1 N–H and O–H groups in total. The van der Waals surface area contributed by atoms with Gasteiger partial charge in [0.2, 0.25) is 5.91 Å². The molecule has 1 unspecified atom stereocenters. The highest BCUT2D eigenvalue weighted by molar-refractivity contribution is 5.78. The van der Waals surface area contributed by atoms with E-state index < -0.39 is 0 Å². The second-order valence-electron chi connectivity index (χ2n) is 6.19. The average Bonchev–Trinajstić information content (AvgIpc) is 3.19. The second kappa shape index (κ2) is 7.26. The highest BCUT2D eigenvalue weighted by Gasteiger charge is 2.28. The first-order valence-electron chi connectivity index (χ1n) is 8.13. The number of furan rings is 1. The highest BCUT2D eigenvalue weighted by atomic mass is 16.3. The van der Waals surface area contributed by atoms with Gasteiger partial charge in [-0.1, -0.05) is 0 Å². The maximum atomic E-state index is 12.4. The van der Waals surface area contributed by atoms with Crippen molar-refractivity contribution in [2.75, 3.05) is 45.9 Å². The van der Waals surface area contributed by atoms with Gasteiger partial charge in [0.05, 0.1) is 26.0 Å². The van der Waals surface area contributed by atoms with E-state index in [0.717, 1.165) is 57.9 Å². The molecule has 6 heteroatoms. The third kappa shape index (κ3) is 3.69. The average molecular weight is 307 g/mol. The summed E-state index contributed by atoms with van der Waals surface area (Å²) < 4.78 is 5.37. The molecule has 122 valence electrons. The molecule has 0 aliphatic carbocycles. The number of aliphatic hydroxyl groups is 1. The van der Waals surface area contributed by atoms with E-state index in [-0.39, 0.29) is 18.6 Å². The molecule has 1 amide bonds. The summed E-state index contributed by atoms with van der Waals surface area (Å²) in [7, 11) is 0. The third-order valence-corrected chi connectivity index (χ3v) is 4.73. The number of hydrogen-bond acceptors (Lipinski definition) is 5. The molecule has 3 rings (SSSR count). The Hall–Kier alpha value is -1.37. The number of aliphatic hydroxyl groups excluding tert-OH is 1. The van der Waals surface area contributed by atoms with Crippen molar-refractivity contribution < 1.29 is 14.3 Å². The lowest BCUT2D eigenvalue weighted by molar-refractivity contribution is -0.134. The van der Waals surface area contributed by atoms with Gasteiger partial charge in [0, 0.05) is 32.2 Å². The van der Waals surface area contributed by atoms with E-state index >= 15 is 0 Å². The van der Waals surface area contributed by atoms with Crippen LogP contribution in [0.25, 0.3) is 0 Å². The molecule has 0 radical (unpaired) electrons. The van der Waals surface area contributed by atoms with Gasteiger partial charge in [-0.15, -0.1) is 0 Å². The smallest absolute Gasteiger partial charge is 0.236 e. The first kappa shape index (κ1) is 15.5. The SMILES string of the molecule is O=C(CN1CCCC1CO)N1CCN(Cc2ccco2)CC1. The lowest BCUT2D eigenvalue weighted by Gasteiger charge is -2.35. The maximum absolute atomic E-state index is 12.4. The minimum absolute atomic E-state index is 0.157. The molecule has 3 heterocycles. The zero-order valence-electron chi connectivity index (χ0n) is 13.0. The van der Waals surface area contributed by atoms with Gasteiger partial charge in [0.1, 0.15) is 5.76 Å². The van der Waals surface area contributed by atoms with Crippen molar-refractivity contribution in [2.45, 2.75) is 25.4 Å². The van der Waals surface area contributed by atoms with Crippen LogP contribution in [0.1, 0.15) is 18.6 Å². The van der Waals surface area contributed by atoms with Crippen molar-refractivity contribution in [1.82, 2.24) is 14.7 Å². The van der Waals surface area contributed by atoms with Gasteiger partial charge in [-0.05, 0) is 31.5 Å². The first-order valence-corrected chi connectivity index (χ1v) is 8.13. The Balaban J connectivity index is 1.43. The minimum atomic E-state index is 0.157. The number of hydrogen-bond donors (Lipinski definition) is 1. The summed E-state index contributed by atoms with van der Waals surface area (Å²) in [4.78, 5) is 18.8. The van der Waals surface area contributed by atoms with Gasteiger partial charge in [-0.2, -0.15) is 0 Å². The molecule has 2 aliphatic heterocycles. The second-order valence-corrected chi connectivity index (χ2v) is 6.19. The van der Waals surface area contributed by atoms with Gasteiger partial charge in [-0.25, -0.2) is 0 Å². The summed E-state index contributed by atoms with van der Waals surface area (Å²) in [6.07, 6.45) is 3.78. The Morgan fingerprint density at radius 3 is 2.77 bits per heavy atom. The molecule has 2 aliphatic rings. The topological polar surface area (TPSA) is 60.2 Å². The van der Waals surface area contributed by atoms with Crippen LogP contribution in [0, 0.1) is 0 Å². The highest BCUT2D eigenvalue weighted by Crippen LogP contribution is 2.17. The predicted molar refractivity (Wildman–Crippen MR) is 82.2 cm³/mol. The fraction of sp³-hybridized carbons (Fsp3) is 0.688. The molecule has 2 fully saturated rings. The van der Waals surface area contributed by atoms with E-state index in [1.54, 1.807) is 6.26 Å². The van der Waals surface area contributed by atoms with Crippen molar-refractivity contribution in [3.63, 3.8) is 0 Å². The number of carbonyl (C=O) groups is 1. The van der Waals surface area contributed by atoms with Crippen LogP contribution in [0.3, 0.4) is 0 Å². The molecule has 6 nitrogen and oxygen atoms in total. The Kier molecular flexibility index (Phi) is 5.12. The number of rotatable bonds is 5. The largest absolute Gasteiger partial charge is 0.468 e. The van der Waals surface area contributed by atoms with Crippen LogP contribution in [0.2, 0.25) is 0 Å². The molecule has 0 spiro atoms. The summed E-state index contributed by atoms with van der Waals surface area (Å²) in [5.74, 6) is 1.17. The van der Waals surface area contributed by atoms with Crippen molar-refractivity contribution in [1.29, 1.82) is 0 Å². The maximum Gasteiger partial charge on any atom is 0.236 e. The Morgan fingerprint density at radius 2 is 2.09 bits per heavy atom. The number of carbonyl (C=O) groups excluding carboxylic acids is 1. The Bertz CT molecular complexity index is 469. The first-order chi connectivity index (χ1) is 10.8. The standard InChI is InChI=1S/C16H25N3O3/c20-13-14-3-1-5-19(14)12-16(21)18-8-6-17(7-9-18)11-15-4-2-10-22-15/h2,4,10,14,20H,1,3,5-9,11-13H2. The number of piperazine rings is 1. The molecule has 22 heavy (non-hydrogen) atoms. The van der Waals surface area contributed by atoms with Gasteiger partial charge in [0.25, 0.3) is 0 Å². The van der Waals surface area contributed by atoms with E-state index in [0.29, 0.717) is 6.54 Å². The van der Waals surface area contributed by atoms with E-state index in [1.807, 2.05) is 17.0 Å². The quantitative estimate of drug-likeness (QED) is 0.852. The van der Waals surface area contributed by atoms with Crippen LogP contribution in [0.5, 0.6) is 0 Å². The van der Waals surface area contributed by atoms with Gasteiger partial charge < -0.3 is 14.4 Å². The fourth-order valence-corrected chi connectivity index (χ4v) is 3.36. The zero-order chi connectivity index (χ0) is 15.4. The van der Waals surface area contributed by atoms with E-state index in [1.165, 1.54) is 0 Å². The molecule has 0 bridgehead atoms. The number of likely N-dealkylation sites (tertiary alicyclic amines) is 1. The lowest BCUT2D eigenvalue weighted by atomic mass is 10.2. The Morgan fingerprint density at radius 1 is 1.27 bits per heavy atom. The van der Waals surface area contributed by atoms with E-state index in [9.17, 15) is 9.90 Å². The number of amides is 1. The van der Waals surface area contributed by atoms with Crippen molar-refractivity contribution in [3.05, 3.63) is 24.2 Å². The van der Waals surface area contributed by atoms with E-state index in [2.05, 4.69) is 9.80 Å². The summed E-state index contributed by atoms with van der Waals surface area (Å²) in [5, 5.41) is 9.33. The minimum Gasteiger partial charge on any atom is -0.468 e. The van der Waals surface area contributed by atoms with Gasteiger partial charge in [-0.3, -0.25) is 14.6 Å². The number of nitrogens with zero attached hydrogens (tertiary/aromatic N) is 3. The zero-order valence-corrected chi connectivity index (χ0v) is 13.0. The fourth-order valence-electron chi connectivity index (χ4n) is 3.36. The monoisotopic (exact) mass is 307 g/mol. The van der Waals surface area contributed by atoms with Crippen LogP contribution in [0.4, 0.5) is 0 Å². The van der Waals surface area contributed by atoms with Crippen molar-refractivity contribution in [3.8, 4) is 0 Å². The van der Waals surface area contributed by atoms with E-state index in [4.69, 9.17) is 4.42 Å². The van der Waals surface area contributed by atoms with Crippen LogP contribution < -0.4 is 0 Å². The summed E-state index contributed by atoms with van der Waals surface area (Å²) in [6, 6.07) is 4.06. The van der Waals surface area contributed by atoms with Crippen LogP contribution in [0.15, 0.2) is 22.8 Å². The molecular weight excluding hydrogens is 282 g/mol. The molecule has 1 aromatic rings. The summed E-state index contributed by atoms with van der Waals surface area (Å²) in [5.41, 5.74) is 0. The summed E-state index contributed by atoms with van der Waals surface area (Å²) in [6.45, 7) is 5.66. The van der Waals surface area contributed by atoms with Gasteiger partial charge in [0.15, 0.2) is 0 Å². The third-order valence-electron chi connectivity index (χ3n) is 4.73. The normalized spacial score (nSPS) is 24.0. The molecular formula is C16H25N3O3. The van der Waals surface area contributed by atoms with Crippen LogP contribution in [-0.4, -0.2) is 77.6 Å².